The van der Waals surface area contributed by atoms with Gasteiger partial charge in [-0.05, 0) is 87.8 Å². The van der Waals surface area contributed by atoms with Gasteiger partial charge in [0, 0.05) is 37.3 Å². The fourth-order valence-corrected chi connectivity index (χ4v) is 4.57. The molecule has 2 amide bonds. The Labute approximate surface area is 180 Å². The summed E-state index contributed by atoms with van der Waals surface area (Å²) in [6, 6.07) is 12.2. The number of benzene rings is 2. The summed E-state index contributed by atoms with van der Waals surface area (Å²) in [6.45, 7) is 8.26. The number of anilines is 2. The van der Waals surface area contributed by atoms with Crippen LogP contribution in [-0.2, 0) is 9.59 Å². The Kier molecular flexibility index (Phi) is 6.64. The average Bonchev–Trinajstić information content (AvgIpc) is 2.75. The second-order valence-corrected chi connectivity index (χ2v) is 8.78. The standard InChI is InChI=1S/C26H34N2O2/c1-17-9-7-11-23(19(17)3)27(5)25(29)21-13-15-22(16-14-21)26(30)28(6)24-12-8-10-18(2)20(24)4/h7-12,21-22H,13-16H2,1-6H3. The van der Waals surface area contributed by atoms with Crippen molar-refractivity contribution in [1.29, 1.82) is 0 Å². The van der Waals surface area contributed by atoms with Crippen LogP contribution in [0.5, 0.6) is 0 Å². The molecular formula is C26H34N2O2. The summed E-state index contributed by atoms with van der Waals surface area (Å²) in [6.07, 6.45) is 3.08. The third-order valence-electron chi connectivity index (χ3n) is 6.96. The molecule has 1 aliphatic carbocycles. The molecular weight excluding hydrogens is 372 g/mol. The maximum absolute atomic E-state index is 13.1. The third kappa shape index (κ3) is 4.28. The van der Waals surface area contributed by atoms with Crippen molar-refractivity contribution in [3.05, 3.63) is 58.7 Å². The van der Waals surface area contributed by atoms with Crippen molar-refractivity contribution in [1.82, 2.24) is 0 Å². The molecule has 4 nitrogen and oxygen atoms in total. The van der Waals surface area contributed by atoms with E-state index in [1.807, 2.05) is 38.4 Å². The van der Waals surface area contributed by atoms with E-state index in [0.29, 0.717) is 0 Å². The fraction of sp³-hybridized carbons (Fsp3) is 0.462. The number of carbonyl (C=O) groups is 2. The summed E-state index contributed by atoms with van der Waals surface area (Å²) >= 11 is 0. The molecule has 0 heterocycles. The molecule has 0 bridgehead atoms. The first kappa shape index (κ1) is 22.1. The Morgan fingerprint density at radius 1 is 0.667 bits per heavy atom. The summed E-state index contributed by atoms with van der Waals surface area (Å²) in [5, 5.41) is 0. The second kappa shape index (κ2) is 9.03. The molecule has 3 rings (SSSR count). The number of carbonyl (C=O) groups excluding carboxylic acids is 2. The molecule has 0 aromatic heterocycles. The van der Waals surface area contributed by atoms with E-state index in [1.165, 1.54) is 11.1 Å². The topological polar surface area (TPSA) is 40.6 Å². The van der Waals surface area contributed by atoms with Crippen molar-refractivity contribution in [3.8, 4) is 0 Å². The largest absolute Gasteiger partial charge is 0.315 e. The molecule has 160 valence electrons. The van der Waals surface area contributed by atoms with Gasteiger partial charge in [-0.15, -0.1) is 0 Å². The summed E-state index contributed by atoms with van der Waals surface area (Å²) in [4.78, 5) is 29.8. The minimum atomic E-state index is -0.00928. The summed E-state index contributed by atoms with van der Waals surface area (Å²) in [5.74, 6) is 0.310. The minimum absolute atomic E-state index is 0.00928. The van der Waals surface area contributed by atoms with Crippen LogP contribution in [0.3, 0.4) is 0 Å². The molecule has 0 saturated heterocycles. The quantitative estimate of drug-likeness (QED) is 0.686. The maximum atomic E-state index is 13.1. The Morgan fingerprint density at radius 2 is 1.00 bits per heavy atom. The molecule has 2 aromatic carbocycles. The summed E-state index contributed by atoms with van der Waals surface area (Å²) in [7, 11) is 3.74. The highest BCUT2D eigenvalue weighted by atomic mass is 16.2. The van der Waals surface area contributed by atoms with Gasteiger partial charge in [-0.1, -0.05) is 24.3 Å². The highest BCUT2D eigenvalue weighted by Gasteiger charge is 2.33. The molecule has 0 aliphatic heterocycles. The lowest BCUT2D eigenvalue weighted by atomic mass is 9.80. The zero-order valence-corrected chi connectivity index (χ0v) is 19.2. The lowest BCUT2D eigenvalue weighted by Crippen LogP contribution is -2.39. The van der Waals surface area contributed by atoms with Crippen LogP contribution in [0.25, 0.3) is 0 Å². The van der Waals surface area contributed by atoms with Gasteiger partial charge >= 0.3 is 0 Å². The predicted octanol–water partition coefficient (Wildman–Crippen LogP) is 5.35. The molecule has 0 spiro atoms. The van der Waals surface area contributed by atoms with Crippen molar-refractivity contribution in [2.45, 2.75) is 53.4 Å². The van der Waals surface area contributed by atoms with Gasteiger partial charge in [-0.25, -0.2) is 0 Å². The Bertz CT molecular complexity index is 865. The van der Waals surface area contributed by atoms with Crippen LogP contribution in [0, 0.1) is 39.5 Å². The van der Waals surface area contributed by atoms with E-state index < -0.39 is 0 Å². The van der Waals surface area contributed by atoms with E-state index in [0.717, 1.165) is 48.2 Å². The molecule has 0 unspecified atom stereocenters. The first-order chi connectivity index (χ1) is 14.2. The molecule has 2 aromatic rings. The van der Waals surface area contributed by atoms with Crippen molar-refractivity contribution >= 4 is 23.2 Å². The number of amides is 2. The molecule has 4 heteroatoms. The van der Waals surface area contributed by atoms with Crippen molar-refractivity contribution in [3.63, 3.8) is 0 Å². The van der Waals surface area contributed by atoms with E-state index in [-0.39, 0.29) is 23.7 Å². The Hall–Kier alpha value is -2.62. The average molecular weight is 407 g/mol. The zero-order chi connectivity index (χ0) is 22.0. The van der Waals surface area contributed by atoms with Gasteiger partial charge in [0.1, 0.15) is 0 Å². The maximum Gasteiger partial charge on any atom is 0.229 e. The van der Waals surface area contributed by atoms with E-state index in [9.17, 15) is 9.59 Å². The van der Waals surface area contributed by atoms with Crippen molar-refractivity contribution < 1.29 is 9.59 Å². The van der Waals surface area contributed by atoms with Gasteiger partial charge in [0.05, 0.1) is 0 Å². The smallest absolute Gasteiger partial charge is 0.229 e. The number of hydrogen-bond donors (Lipinski definition) is 0. The number of aryl methyl sites for hydroxylation is 2. The molecule has 1 fully saturated rings. The predicted molar refractivity (Wildman–Crippen MR) is 124 cm³/mol. The molecule has 0 radical (unpaired) electrons. The van der Waals surface area contributed by atoms with Gasteiger partial charge in [-0.3, -0.25) is 9.59 Å². The van der Waals surface area contributed by atoms with E-state index in [1.54, 1.807) is 9.80 Å². The van der Waals surface area contributed by atoms with Crippen molar-refractivity contribution in [2.75, 3.05) is 23.9 Å². The lowest BCUT2D eigenvalue weighted by Gasteiger charge is -2.32. The van der Waals surface area contributed by atoms with Crippen LogP contribution in [0.15, 0.2) is 36.4 Å². The normalized spacial score (nSPS) is 18.7. The Balaban J connectivity index is 1.64. The molecule has 1 aliphatic rings. The van der Waals surface area contributed by atoms with E-state index in [4.69, 9.17) is 0 Å². The minimum Gasteiger partial charge on any atom is -0.315 e. The van der Waals surface area contributed by atoms with Gasteiger partial charge in [0.15, 0.2) is 0 Å². The zero-order valence-electron chi connectivity index (χ0n) is 19.2. The van der Waals surface area contributed by atoms with Crippen LogP contribution in [0.4, 0.5) is 11.4 Å². The van der Waals surface area contributed by atoms with Crippen LogP contribution >= 0.6 is 0 Å². The first-order valence-electron chi connectivity index (χ1n) is 10.9. The Morgan fingerprint density at radius 3 is 1.33 bits per heavy atom. The molecule has 30 heavy (non-hydrogen) atoms. The van der Waals surface area contributed by atoms with E-state index in [2.05, 4.69) is 39.8 Å². The molecule has 1 saturated carbocycles. The number of hydrogen-bond acceptors (Lipinski definition) is 2. The van der Waals surface area contributed by atoms with Crippen LogP contribution in [-0.4, -0.2) is 25.9 Å². The van der Waals surface area contributed by atoms with Gasteiger partial charge in [0.25, 0.3) is 0 Å². The van der Waals surface area contributed by atoms with Gasteiger partial charge in [-0.2, -0.15) is 0 Å². The van der Waals surface area contributed by atoms with Gasteiger partial charge < -0.3 is 9.80 Å². The third-order valence-corrected chi connectivity index (χ3v) is 6.96. The van der Waals surface area contributed by atoms with Crippen LogP contribution in [0.1, 0.15) is 47.9 Å². The number of rotatable bonds is 4. The molecule has 0 N–H and O–H groups in total. The first-order valence-corrected chi connectivity index (χ1v) is 10.9. The van der Waals surface area contributed by atoms with Gasteiger partial charge in [0.2, 0.25) is 11.8 Å². The van der Waals surface area contributed by atoms with Crippen molar-refractivity contribution in [2.24, 2.45) is 11.8 Å². The summed E-state index contributed by atoms with van der Waals surface area (Å²) in [5.41, 5.74) is 6.63. The SMILES string of the molecule is Cc1cccc(N(C)C(=O)C2CCC(C(=O)N(C)c3cccc(C)c3C)CC2)c1C. The van der Waals surface area contributed by atoms with E-state index >= 15 is 0 Å². The van der Waals surface area contributed by atoms with Crippen LogP contribution in [0.2, 0.25) is 0 Å². The second-order valence-electron chi connectivity index (χ2n) is 8.78. The van der Waals surface area contributed by atoms with Crippen LogP contribution < -0.4 is 9.80 Å². The molecule has 0 atom stereocenters. The summed E-state index contributed by atoms with van der Waals surface area (Å²) < 4.78 is 0. The fourth-order valence-electron chi connectivity index (χ4n) is 4.57. The number of nitrogens with zero attached hydrogens (tertiary/aromatic N) is 2. The lowest BCUT2D eigenvalue weighted by molar-refractivity contribution is -0.127. The highest BCUT2D eigenvalue weighted by molar-refractivity contribution is 5.97. The highest BCUT2D eigenvalue weighted by Crippen LogP contribution is 2.34. The monoisotopic (exact) mass is 406 g/mol.